The van der Waals surface area contributed by atoms with E-state index in [1.807, 2.05) is 37.4 Å². The van der Waals surface area contributed by atoms with Crippen LogP contribution in [0.5, 0.6) is 0 Å². The fourth-order valence-electron chi connectivity index (χ4n) is 3.49. The highest BCUT2D eigenvalue weighted by Crippen LogP contribution is 2.22. The normalized spacial score (nSPS) is 14.5. The maximum absolute atomic E-state index is 6.04. The topological polar surface area (TPSA) is 66.5 Å². The first-order valence-electron chi connectivity index (χ1n) is 10.0. The third-order valence-electron chi connectivity index (χ3n) is 5.04. The van der Waals surface area contributed by atoms with Gasteiger partial charge in [0.05, 0.1) is 0 Å². The number of hydrogen-bond acceptors (Lipinski definition) is 4. The minimum atomic E-state index is 0.548. The van der Waals surface area contributed by atoms with Crippen molar-refractivity contribution in [3.8, 4) is 11.4 Å². The number of rotatable bonds is 5. The number of halogens is 1. The van der Waals surface area contributed by atoms with Gasteiger partial charge in [0, 0.05) is 43.7 Å². The maximum atomic E-state index is 6.04. The van der Waals surface area contributed by atoms with Crippen LogP contribution in [0.1, 0.15) is 17.9 Å². The molecule has 1 aromatic heterocycles. The zero-order chi connectivity index (χ0) is 20.8. The lowest BCUT2D eigenvalue weighted by atomic mass is 10.00. The highest BCUT2D eigenvalue weighted by atomic mass is 35.5. The molecule has 0 saturated heterocycles. The van der Waals surface area contributed by atoms with Crippen LogP contribution in [-0.2, 0) is 6.42 Å². The van der Waals surface area contributed by atoms with Crippen LogP contribution < -0.4 is 5.32 Å². The summed E-state index contributed by atoms with van der Waals surface area (Å²) < 4.78 is 5.38. The Labute approximate surface area is 181 Å². The van der Waals surface area contributed by atoms with Gasteiger partial charge < -0.3 is 14.7 Å². The molecule has 1 aliphatic rings. The average Bonchev–Trinajstić information content (AvgIpc) is 3.27. The lowest BCUT2D eigenvalue weighted by Crippen LogP contribution is -2.44. The predicted molar refractivity (Wildman–Crippen MR) is 120 cm³/mol. The van der Waals surface area contributed by atoms with Crippen LogP contribution >= 0.6 is 11.6 Å². The van der Waals surface area contributed by atoms with Gasteiger partial charge in [0.25, 0.3) is 0 Å². The van der Waals surface area contributed by atoms with Crippen LogP contribution in [0.2, 0.25) is 5.02 Å². The number of benzene rings is 2. The van der Waals surface area contributed by atoms with E-state index in [0.29, 0.717) is 29.7 Å². The van der Waals surface area contributed by atoms with Crippen LogP contribution in [0.15, 0.2) is 70.2 Å². The van der Waals surface area contributed by atoms with Gasteiger partial charge in [-0.15, -0.1) is 0 Å². The second kappa shape index (κ2) is 9.59. The summed E-state index contributed by atoms with van der Waals surface area (Å²) in [7, 11) is 1.81. The Balaban J connectivity index is 1.30. The summed E-state index contributed by atoms with van der Waals surface area (Å²) in [6, 6.07) is 18.0. The first kappa shape index (κ1) is 20.2. The van der Waals surface area contributed by atoms with Gasteiger partial charge in [0.15, 0.2) is 5.96 Å². The van der Waals surface area contributed by atoms with E-state index < -0.39 is 0 Å². The molecule has 6 nitrogen and oxygen atoms in total. The zero-order valence-corrected chi connectivity index (χ0v) is 17.6. The Morgan fingerprint density at radius 2 is 2.00 bits per heavy atom. The summed E-state index contributed by atoms with van der Waals surface area (Å²) >= 11 is 6.04. The van der Waals surface area contributed by atoms with Gasteiger partial charge in [0.2, 0.25) is 11.7 Å². The highest BCUT2D eigenvalue weighted by Gasteiger charge is 2.16. The second-order valence-corrected chi connectivity index (χ2v) is 7.47. The quantitative estimate of drug-likeness (QED) is 0.491. The molecule has 154 valence electrons. The zero-order valence-electron chi connectivity index (χ0n) is 16.9. The van der Waals surface area contributed by atoms with E-state index in [4.69, 9.17) is 16.1 Å². The molecule has 0 unspecified atom stereocenters. The Kier molecular flexibility index (Phi) is 6.44. The number of aromatic nitrogens is 2. The van der Waals surface area contributed by atoms with Crippen molar-refractivity contribution >= 4 is 23.1 Å². The smallest absolute Gasteiger partial charge is 0.228 e. The van der Waals surface area contributed by atoms with Gasteiger partial charge >= 0.3 is 0 Å². The molecule has 0 bridgehead atoms. The third kappa shape index (κ3) is 4.89. The van der Waals surface area contributed by atoms with Crippen LogP contribution in [0, 0.1) is 0 Å². The standard InChI is InChI=1S/C23H24ClN5O/c1-25-23(29-14-11-18(12-15-29)17-6-3-2-4-7-17)26-13-10-21-27-22(28-30-21)19-8-5-9-20(24)16-19/h2-9,11,16H,10,12-15H2,1H3,(H,25,26). The molecule has 0 aliphatic carbocycles. The summed E-state index contributed by atoms with van der Waals surface area (Å²) in [5.74, 6) is 2.01. The molecular weight excluding hydrogens is 398 g/mol. The van der Waals surface area contributed by atoms with Crippen LogP contribution in [0.25, 0.3) is 17.0 Å². The van der Waals surface area contributed by atoms with Crippen molar-refractivity contribution in [2.24, 2.45) is 4.99 Å². The first-order chi connectivity index (χ1) is 14.7. The van der Waals surface area contributed by atoms with Crippen LogP contribution in [0.4, 0.5) is 0 Å². The molecule has 0 radical (unpaired) electrons. The van der Waals surface area contributed by atoms with Crippen molar-refractivity contribution < 1.29 is 4.52 Å². The number of aliphatic imine (C=N–C) groups is 1. The van der Waals surface area contributed by atoms with E-state index in [0.717, 1.165) is 31.0 Å². The maximum Gasteiger partial charge on any atom is 0.228 e. The van der Waals surface area contributed by atoms with Gasteiger partial charge in [0.1, 0.15) is 0 Å². The SMILES string of the molecule is CN=C(NCCc1nc(-c2cccc(Cl)c2)no1)N1CC=C(c2ccccc2)CC1. The average molecular weight is 422 g/mol. The molecule has 2 heterocycles. The second-order valence-electron chi connectivity index (χ2n) is 7.04. The minimum Gasteiger partial charge on any atom is -0.356 e. The molecule has 0 saturated carbocycles. The van der Waals surface area contributed by atoms with Crippen molar-refractivity contribution in [3.05, 3.63) is 77.2 Å². The van der Waals surface area contributed by atoms with Gasteiger partial charge in [-0.2, -0.15) is 4.98 Å². The Hall–Kier alpha value is -3.12. The molecule has 7 heteroatoms. The van der Waals surface area contributed by atoms with Gasteiger partial charge in [-0.25, -0.2) is 0 Å². The van der Waals surface area contributed by atoms with Crippen molar-refractivity contribution in [1.82, 2.24) is 20.4 Å². The fraction of sp³-hybridized carbons (Fsp3) is 0.261. The largest absolute Gasteiger partial charge is 0.356 e. The van der Waals surface area contributed by atoms with Crippen molar-refractivity contribution in [1.29, 1.82) is 0 Å². The van der Waals surface area contributed by atoms with Gasteiger partial charge in [-0.1, -0.05) is 65.3 Å². The fourth-order valence-corrected chi connectivity index (χ4v) is 3.68. The van der Waals surface area contributed by atoms with Crippen molar-refractivity contribution in [3.63, 3.8) is 0 Å². The van der Waals surface area contributed by atoms with Crippen molar-refractivity contribution in [2.45, 2.75) is 12.8 Å². The Morgan fingerprint density at radius 1 is 1.17 bits per heavy atom. The highest BCUT2D eigenvalue weighted by molar-refractivity contribution is 6.30. The third-order valence-corrected chi connectivity index (χ3v) is 5.27. The van der Waals surface area contributed by atoms with E-state index in [2.05, 4.69) is 55.7 Å². The number of nitrogens with zero attached hydrogens (tertiary/aromatic N) is 4. The molecule has 4 rings (SSSR count). The van der Waals surface area contributed by atoms with E-state index in [-0.39, 0.29) is 0 Å². The van der Waals surface area contributed by atoms with E-state index in [9.17, 15) is 0 Å². The molecule has 30 heavy (non-hydrogen) atoms. The molecule has 1 N–H and O–H groups in total. The molecule has 0 atom stereocenters. The predicted octanol–water partition coefficient (Wildman–Crippen LogP) is 4.30. The van der Waals surface area contributed by atoms with Gasteiger partial charge in [-0.3, -0.25) is 4.99 Å². The molecule has 0 spiro atoms. The van der Waals surface area contributed by atoms with Crippen molar-refractivity contribution in [2.75, 3.05) is 26.7 Å². The first-order valence-corrected chi connectivity index (χ1v) is 10.4. The summed E-state index contributed by atoms with van der Waals surface area (Å²) in [5.41, 5.74) is 3.53. The van der Waals surface area contributed by atoms with Crippen LogP contribution in [-0.4, -0.2) is 47.7 Å². The van der Waals surface area contributed by atoms with Gasteiger partial charge in [-0.05, 0) is 29.7 Å². The lowest BCUT2D eigenvalue weighted by molar-refractivity contribution is 0.377. The number of hydrogen-bond donors (Lipinski definition) is 1. The summed E-state index contributed by atoms with van der Waals surface area (Å²) in [6.07, 6.45) is 3.89. The summed E-state index contributed by atoms with van der Waals surface area (Å²) in [6.45, 7) is 2.43. The van der Waals surface area contributed by atoms with E-state index in [1.54, 1.807) is 0 Å². The molecular formula is C23H24ClN5O. The Bertz CT molecular complexity index is 1040. The Morgan fingerprint density at radius 3 is 2.73 bits per heavy atom. The lowest BCUT2D eigenvalue weighted by Gasteiger charge is -2.29. The van der Waals surface area contributed by atoms with E-state index >= 15 is 0 Å². The molecule has 0 fully saturated rings. The monoisotopic (exact) mass is 421 g/mol. The minimum absolute atomic E-state index is 0.548. The molecule has 3 aromatic rings. The van der Waals surface area contributed by atoms with E-state index in [1.165, 1.54) is 11.1 Å². The number of nitrogens with one attached hydrogen (secondary N) is 1. The molecule has 2 aromatic carbocycles. The summed E-state index contributed by atoms with van der Waals surface area (Å²) in [4.78, 5) is 11.1. The molecule has 0 amide bonds. The molecule has 1 aliphatic heterocycles. The number of guanidine groups is 1. The summed E-state index contributed by atoms with van der Waals surface area (Å²) in [5, 5.41) is 8.10. The van der Waals surface area contributed by atoms with Crippen LogP contribution in [0.3, 0.4) is 0 Å².